The van der Waals surface area contributed by atoms with Gasteiger partial charge in [0.25, 0.3) is 5.91 Å². The van der Waals surface area contributed by atoms with Crippen LogP contribution in [0.3, 0.4) is 0 Å². The Labute approximate surface area is 205 Å². The smallest absolute Gasteiger partial charge is 0.276 e. The summed E-state index contributed by atoms with van der Waals surface area (Å²) in [5.41, 5.74) is 1.87. The third-order valence-corrected chi connectivity index (χ3v) is 6.98. The molecule has 9 nitrogen and oxygen atoms in total. The standard InChI is InChI=1S/C23H24ClN7O2S/c1-16-21(26-28-31(16)18-6-2-5-17(24)15-18)23(32)30-12-10-29(11-13-30)9-3-8-20-25-22(27-33-20)19-7-4-14-34-19/h2,4-7,14-15H,3,8-13H2,1H3. The summed E-state index contributed by atoms with van der Waals surface area (Å²) in [7, 11) is 0. The topological polar surface area (TPSA) is 93.2 Å². The van der Waals surface area contributed by atoms with E-state index in [1.165, 1.54) is 0 Å². The monoisotopic (exact) mass is 497 g/mol. The van der Waals surface area contributed by atoms with E-state index in [0.29, 0.717) is 41.2 Å². The molecule has 1 saturated heterocycles. The van der Waals surface area contributed by atoms with Crippen LogP contribution in [0.15, 0.2) is 46.3 Å². The molecular formula is C23H24ClN7O2S. The van der Waals surface area contributed by atoms with Crippen molar-refractivity contribution in [1.29, 1.82) is 0 Å². The zero-order valence-electron chi connectivity index (χ0n) is 18.7. The highest BCUT2D eigenvalue weighted by atomic mass is 35.5. The van der Waals surface area contributed by atoms with Crippen molar-refractivity contribution in [3.63, 3.8) is 0 Å². The summed E-state index contributed by atoms with van der Waals surface area (Å²) in [6.45, 7) is 5.72. The van der Waals surface area contributed by atoms with Crippen molar-refractivity contribution in [2.75, 3.05) is 32.7 Å². The molecule has 3 aromatic heterocycles. The van der Waals surface area contributed by atoms with Crippen LogP contribution in [-0.4, -0.2) is 73.6 Å². The molecule has 0 unspecified atom stereocenters. The SMILES string of the molecule is Cc1c(C(=O)N2CCN(CCCc3nc(-c4cccs4)no3)CC2)nnn1-c1cccc(Cl)c1. The minimum Gasteiger partial charge on any atom is -0.339 e. The largest absolute Gasteiger partial charge is 0.339 e. The number of hydrogen-bond acceptors (Lipinski definition) is 8. The van der Waals surface area contributed by atoms with Gasteiger partial charge in [-0.1, -0.05) is 34.1 Å². The second-order valence-corrected chi connectivity index (χ2v) is 9.53. The summed E-state index contributed by atoms with van der Waals surface area (Å²) in [5.74, 6) is 1.23. The average Bonchev–Trinajstić information content (AvgIpc) is 3.60. The molecule has 5 rings (SSSR count). The first-order chi connectivity index (χ1) is 16.6. The number of nitrogens with zero attached hydrogens (tertiary/aromatic N) is 7. The Morgan fingerprint density at radius 2 is 2.03 bits per heavy atom. The Morgan fingerprint density at radius 3 is 2.79 bits per heavy atom. The number of carbonyl (C=O) groups excluding carboxylic acids is 1. The molecule has 1 fully saturated rings. The lowest BCUT2D eigenvalue weighted by molar-refractivity contribution is 0.0629. The highest BCUT2D eigenvalue weighted by molar-refractivity contribution is 7.13. The van der Waals surface area contributed by atoms with E-state index in [1.807, 2.05) is 41.5 Å². The lowest BCUT2D eigenvalue weighted by Gasteiger charge is -2.34. The summed E-state index contributed by atoms with van der Waals surface area (Å²) < 4.78 is 7.03. The van der Waals surface area contributed by atoms with E-state index >= 15 is 0 Å². The van der Waals surface area contributed by atoms with Crippen molar-refractivity contribution < 1.29 is 9.32 Å². The number of halogens is 1. The summed E-state index contributed by atoms with van der Waals surface area (Å²) in [4.78, 5) is 22.8. The first-order valence-corrected chi connectivity index (χ1v) is 12.4. The Bertz CT molecular complexity index is 1260. The summed E-state index contributed by atoms with van der Waals surface area (Å²) in [6.07, 6.45) is 1.66. The van der Waals surface area contributed by atoms with E-state index in [4.69, 9.17) is 16.1 Å². The third-order valence-electron chi connectivity index (χ3n) is 5.88. The highest BCUT2D eigenvalue weighted by Gasteiger charge is 2.26. The lowest BCUT2D eigenvalue weighted by atomic mass is 10.2. The molecule has 0 saturated carbocycles. The molecule has 0 radical (unpaired) electrons. The molecule has 0 N–H and O–H groups in total. The maximum absolute atomic E-state index is 13.1. The van der Waals surface area contributed by atoms with Gasteiger partial charge in [-0.15, -0.1) is 16.4 Å². The maximum Gasteiger partial charge on any atom is 0.276 e. The number of piperazine rings is 1. The molecule has 11 heteroatoms. The number of aryl methyl sites for hydroxylation is 1. The molecular weight excluding hydrogens is 474 g/mol. The highest BCUT2D eigenvalue weighted by Crippen LogP contribution is 2.22. The van der Waals surface area contributed by atoms with Crippen molar-refractivity contribution in [2.24, 2.45) is 0 Å². The van der Waals surface area contributed by atoms with Gasteiger partial charge in [0.1, 0.15) is 0 Å². The Hall–Kier alpha value is -3.08. The minimum atomic E-state index is -0.0857. The van der Waals surface area contributed by atoms with E-state index in [-0.39, 0.29) is 5.91 Å². The van der Waals surface area contributed by atoms with Gasteiger partial charge in [-0.05, 0) is 49.5 Å². The molecule has 1 aromatic carbocycles. The van der Waals surface area contributed by atoms with Gasteiger partial charge in [-0.3, -0.25) is 9.69 Å². The van der Waals surface area contributed by atoms with Gasteiger partial charge >= 0.3 is 0 Å². The van der Waals surface area contributed by atoms with Crippen LogP contribution >= 0.6 is 22.9 Å². The van der Waals surface area contributed by atoms with Gasteiger partial charge in [0.15, 0.2) is 5.69 Å². The van der Waals surface area contributed by atoms with E-state index in [2.05, 4.69) is 25.4 Å². The van der Waals surface area contributed by atoms with Crippen molar-refractivity contribution in [1.82, 2.24) is 34.9 Å². The van der Waals surface area contributed by atoms with E-state index in [9.17, 15) is 4.79 Å². The quantitative estimate of drug-likeness (QED) is 0.384. The molecule has 0 bridgehead atoms. The number of thiophene rings is 1. The third kappa shape index (κ3) is 4.89. The van der Waals surface area contributed by atoms with Crippen LogP contribution in [0.1, 0.15) is 28.5 Å². The Kier molecular flexibility index (Phi) is 6.70. The van der Waals surface area contributed by atoms with Crippen molar-refractivity contribution >= 4 is 28.8 Å². The molecule has 0 atom stereocenters. The second-order valence-electron chi connectivity index (χ2n) is 8.14. The summed E-state index contributed by atoms with van der Waals surface area (Å²) >= 11 is 7.69. The molecule has 4 heterocycles. The van der Waals surface area contributed by atoms with Crippen LogP contribution in [0.25, 0.3) is 16.4 Å². The summed E-state index contributed by atoms with van der Waals surface area (Å²) in [6, 6.07) is 11.3. The fraction of sp³-hybridized carbons (Fsp3) is 0.348. The minimum absolute atomic E-state index is 0.0857. The van der Waals surface area contributed by atoms with Crippen LogP contribution in [0.5, 0.6) is 0 Å². The maximum atomic E-state index is 13.1. The van der Waals surface area contributed by atoms with E-state index in [0.717, 1.165) is 43.0 Å². The number of benzene rings is 1. The van der Waals surface area contributed by atoms with Gasteiger partial charge in [0.2, 0.25) is 11.7 Å². The van der Waals surface area contributed by atoms with Crippen LogP contribution in [0, 0.1) is 6.92 Å². The molecule has 34 heavy (non-hydrogen) atoms. The molecule has 0 aliphatic carbocycles. The normalized spacial score (nSPS) is 14.6. The Morgan fingerprint density at radius 1 is 1.18 bits per heavy atom. The summed E-state index contributed by atoms with van der Waals surface area (Å²) in [5, 5.41) is 15.0. The fourth-order valence-electron chi connectivity index (χ4n) is 4.02. The first-order valence-electron chi connectivity index (χ1n) is 11.1. The second kappa shape index (κ2) is 10.0. The van der Waals surface area contributed by atoms with Crippen molar-refractivity contribution in [3.8, 4) is 16.4 Å². The van der Waals surface area contributed by atoms with Gasteiger partial charge in [0, 0.05) is 37.6 Å². The van der Waals surface area contributed by atoms with Crippen molar-refractivity contribution in [3.05, 3.63) is 64.1 Å². The van der Waals surface area contributed by atoms with Gasteiger partial charge in [-0.25, -0.2) is 4.68 Å². The van der Waals surface area contributed by atoms with Crippen LogP contribution in [-0.2, 0) is 6.42 Å². The van der Waals surface area contributed by atoms with Gasteiger partial charge < -0.3 is 9.42 Å². The number of aromatic nitrogens is 5. The molecule has 1 amide bonds. The van der Waals surface area contributed by atoms with Crippen LogP contribution in [0.2, 0.25) is 5.02 Å². The molecule has 176 valence electrons. The van der Waals surface area contributed by atoms with Gasteiger partial charge in [-0.2, -0.15) is 4.98 Å². The van der Waals surface area contributed by atoms with Gasteiger partial charge in [0.05, 0.1) is 16.3 Å². The van der Waals surface area contributed by atoms with E-state index in [1.54, 1.807) is 28.2 Å². The lowest BCUT2D eigenvalue weighted by Crippen LogP contribution is -2.49. The molecule has 0 spiro atoms. The predicted octanol–water partition coefficient (Wildman–Crippen LogP) is 3.73. The Balaban J connectivity index is 1.11. The van der Waals surface area contributed by atoms with Crippen molar-refractivity contribution in [2.45, 2.75) is 19.8 Å². The van der Waals surface area contributed by atoms with E-state index < -0.39 is 0 Å². The number of hydrogen-bond donors (Lipinski definition) is 0. The number of carbonyl (C=O) groups is 1. The van der Waals surface area contributed by atoms with Crippen LogP contribution < -0.4 is 0 Å². The molecule has 1 aliphatic rings. The molecule has 1 aliphatic heterocycles. The zero-order chi connectivity index (χ0) is 23.5. The molecule has 4 aromatic rings. The number of amides is 1. The first kappa shape index (κ1) is 22.7. The van der Waals surface area contributed by atoms with Crippen LogP contribution in [0.4, 0.5) is 0 Å². The zero-order valence-corrected chi connectivity index (χ0v) is 20.3. The average molecular weight is 498 g/mol. The predicted molar refractivity (Wildman–Crippen MR) is 129 cm³/mol. The number of rotatable bonds is 7. The fourth-order valence-corrected chi connectivity index (χ4v) is 4.85.